The maximum absolute atomic E-state index is 9.40. The lowest BCUT2D eigenvalue weighted by Crippen LogP contribution is -2.09. The Morgan fingerprint density at radius 3 is 1.29 bits per heavy atom. The summed E-state index contributed by atoms with van der Waals surface area (Å²) < 4.78 is 76.0. The highest BCUT2D eigenvalue weighted by molar-refractivity contribution is 7.26. The third-order valence-corrected chi connectivity index (χ3v) is 10.0. The molecule has 0 bridgehead atoms. The molecule has 0 aliphatic rings. The first kappa shape index (κ1) is 23.1. The van der Waals surface area contributed by atoms with E-state index in [9.17, 15) is 5.48 Å². The van der Waals surface area contributed by atoms with Crippen LogP contribution in [-0.2, 0) is 0 Å². The van der Waals surface area contributed by atoms with Crippen LogP contribution in [0.25, 0.3) is 42.4 Å². The number of rotatable bonds is 8. The lowest BCUT2D eigenvalue weighted by atomic mass is 9.99. The quantitative estimate of drug-likeness (QED) is 0.158. The van der Waals surface area contributed by atoms with Crippen molar-refractivity contribution in [2.24, 2.45) is 0 Å². The van der Waals surface area contributed by atoms with E-state index in [1.807, 2.05) is 120 Å². The number of hydrogen-bond donors (Lipinski definition) is 0. The van der Waals surface area contributed by atoms with Crippen molar-refractivity contribution in [3.05, 3.63) is 206 Å². The fourth-order valence-electron chi connectivity index (χ4n) is 6.36. The van der Waals surface area contributed by atoms with E-state index in [1.54, 1.807) is 40.5 Å². The van der Waals surface area contributed by atoms with Gasteiger partial charge in [0, 0.05) is 43.9 Å². The Kier molecular flexibility index (Phi) is 6.09. The second kappa shape index (κ2) is 13.5. The van der Waals surface area contributed by atoms with Crippen LogP contribution < -0.4 is 9.80 Å². The molecule has 8 aromatic carbocycles. The molecule has 1 aromatic heterocycles. The summed E-state index contributed by atoms with van der Waals surface area (Å²) in [5, 5.41) is 2.14. The molecule has 51 heavy (non-hydrogen) atoms. The van der Waals surface area contributed by atoms with Crippen molar-refractivity contribution in [2.45, 2.75) is 0 Å². The first-order valence-electron chi connectivity index (χ1n) is 20.6. The van der Waals surface area contributed by atoms with E-state index in [4.69, 9.17) is 5.48 Å². The lowest BCUT2D eigenvalue weighted by Gasteiger charge is -2.26. The first-order valence-corrected chi connectivity index (χ1v) is 17.4. The van der Waals surface area contributed by atoms with Gasteiger partial charge in [-0.05, 0) is 95.0 Å². The minimum absolute atomic E-state index is 0.111. The van der Waals surface area contributed by atoms with Gasteiger partial charge in [0.2, 0.25) is 0 Å². The molecule has 9 aromatic rings. The molecule has 2 nitrogen and oxygen atoms in total. The molecule has 0 radical (unpaired) electrons. The standard InChI is InChI=1S/C48H34N2S/c1-4-13-39(14-5-1)49(40-15-6-2-7-16-40)42-31-27-37(28-32-42)35-23-25-36(26-24-35)38-29-33-43(34-30-38)50(41-17-8-3-9-18-41)46-21-12-20-45-44-19-10-11-22-47(44)51-48(45)46/h1-34H/i27D,28D,29D,30D,31D,32D,33D,34D. The Bertz CT molecular complexity index is 2930. The van der Waals surface area contributed by atoms with Crippen LogP contribution in [0.15, 0.2) is 206 Å². The predicted octanol–water partition coefficient (Wildman–Crippen LogP) is 14.3. The number of nitrogens with zero attached hydrogens (tertiary/aromatic N) is 2. The predicted molar refractivity (Wildman–Crippen MR) is 220 cm³/mol. The second-order valence-electron chi connectivity index (χ2n) is 12.0. The summed E-state index contributed by atoms with van der Waals surface area (Å²) in [6.45, 7) is 0. The molecule has 3 heteroatoms. The fourth-order valence-corrected chi connectivity index (χ4v) is 7.57. The van der Waals surface area contributed by atoms with E-state index in [0.717, 1.165) is 25.9 Å². The van der Waals surface area contributed by atoms with Gasteiger partial charge in [-0.2, -0.15) is 0 Å². The summed E-state index contributed by atoms with van der Waals surface area (Å²) >= 11 is 1.62. The van der Waals surface area contributed by atoms with Crippen LogP contribution in [0.1, 0.15) is 11.0 Å². The van der Waals surface area contributed by atoms with E-state index < -0.39 is 0 Å². The van der Waals surface area contributed by atoms with Gasteiger partial charge in [-0.15, -0.1) is 11.3 Å². The Morgan fingerprint density at radius 2 is 0.765 bits per heavy atom. The molecular formula is C48H34N2S. The van der Waals surface area contributed by atoms with Crippen LogP contribution in [0.2, 0.25) is 0 Å². The zero-order valence-electron chi connectivity index (χ0n) is 35.3. The Morgan fingerprint density at radius 1 is 0.333 bits per heavy atom. The summed E-state index contributed by atoms with van der Waals surface area (Å²) in [5.74, 6) is 0. The van der Waals surface area contributed by atoms with Crippen molar-refractivity contribution < 1.29 is 11.0 Å². The van der Waals surface area contributed by atoms with Gasteiger partial charge in [-0.25, -0.2) is 0 Å². The van der Waals surface area contributed by atoms with Crippen LogP contribution in [0.5, 0.6) is 0 Å². The lowest BCUT2D eigenvalue weighted by molar-refractivity contribution is 1.28. The van der Waals surface area contributed by atoms with E-state index in [2.05, 4.69) is 18.2 Å². The van der Waals surface area contributed by atoms with Gasteiger partial charge in [-0.3, -0.25) is 0 Å². The van der Waals surface area contributed by atoms with Crippen LogP contribution in [0, 0.1) is 0 Å². The summed E-state index contributed by atoms with van der Waals surface area (Å²) in [7, 11) is 0. The summed E-state index contributed by atoms with van der Waals surface area (Å²) in [4.78, 5) is 3.54. The highest BCUT2D eigenvalue weighted by atomic mass is 32.1. The van der Waals surface area contributed by atoms with Gasteiger partial charge in [0.25, 0.3) is 0 Å². The van der Waals surface area contributed by atoms with E-state index in [0.29, 0.717) is 28.2 Å². The van der Waals surface area contributed by atoms with Gasteiger partial charge in [0.15, 0.2) is 0 Å². The summed E-state index contributed by atoms with van der Waals surface area (Å²) in [6, 6.07) is 47.1. The molecule has 0 saturated carbocycles. The molecule has 0 spiro atoms. The van der Waals surface area contributed by atoms with Crippen molar-refractivity contribution in [3.63, 3.8) is 0 Å². The largest absolute Gasteiger partial charge is 0.311 e. The third-order valence-electron chi connectivity index (χ3n) is 8.80. The van der Waals surface area contributed by atoms with Crippen LogP contribution in [0.4, 0.5) is 34.1 Å². The number of thiophene rings is 1. The number of para-hydroxylation sites is 3. The maximum atomic E-state index is 9.40. The SMILES string of the molecule is [2H]c1c([2H])c(N(c2ccccc2)c2ccccc2)c([2H])c([2H])c1-c1ccc(-c2c([2H])c([2H])c(N(c3ccccc3)c3cccc4c3sc3ccccc34)c([2H])c2[2H])cc1. The second-order valence-corrected chi connectivity index (χ2v) is 13.0. The van der Waals surface area contributed by atoms with Gasteiger partial charge in [0.1, 0.15) is 0 Å². The highest BCUT2D eigenvalue weighted by Crippen LogP contribution is 2.45. The molecule has 0 aliphatic carbocycles. The average Bonchev–Trinajstić information content (AvgIpc) is 3.66. The minimum Gasteiger partial charge on any atom is -0.311 e. The molecule has 0 atom stereocenters. The zero-order chi connectivity index (χ0) is 40.9. The van der Waals surface area contributed by atoms with Gasteiger partial charge in [-0.1, -0.05) is 133 Å². The molecule has 0 unspecified atom stereocenters. The average molecular weight is 679 g/mol. The number of fused-ring (bicyclic) bond motifs is 3. The molecule has 9 rings (SSSR count). The zero-order valence-corrected chi connectivity index (χ0v) is 28.1. The summed E-state index contributed by atoms with van der Waals surface area (Å²) in [6.07, 6.45) is 0. The van der Waals surface area contributed by atoms with Crippen molar-refractivity contribution >= 4 is 65.6 Å². The highest BCUT2D eigenvalue weighted by Gasteiger charge is 2.18. The number of hydrogen-bond acceptors (Lipinski definition) is 3. The molecule has 0 saturated heterocycles. The smallest absolute Gasteiger partial charge is 0.0645 e. The van der Waals surface area contributed by atoms with Crippen molar-refractivity contribution in [2.75, 3.05) is 9.80 Å². The van der Waals surface area contributed by atoms with E-state index >= 15 is 0 Å². The van der Waals surface area contributed by atoms with Gasteiger partial charge < -0.3 is 9.80 Å². The van der Waals surface area contributed by atoms with Crippen LogP contribution >= 0.6 is 11.3 Å². The van der Waals surface area contributed by atoms with Crippen LogP contribution in [-0.4, -0.2) is 0 Å². The van der Waals surface area contributed by atoms with Crippen molar-refractivity contribution in [1.82, 2.24) is 0 Å². The molecule has 0 aliphatic heterocycles. The molecular weight excluding hydrogens is 637 g/mol. The maximum Gasteiger partial charge on any atom is 0.0645 e. The topological polar surface area (TPSA) is 6.48 Å². The van der Waals surface area contributed by atoms with E-state index in [-0.39, 0.29) is 70.8 Å². The van der Waals surface area contributed by atoms with E-state index in [1.165, 1.54) is 0 Å². The monoisotopic (exact) mass is 678 g/mol. The number of benzene rings is 8. The Labute approximate surface area is 314 Å². The molecule has 0 N–H and O–H groups in total. The van der Waals surface area contributed by atoms with Gasteiger partial charge in [0.05, 0.1) is 21.4 Å². The molecule has 1 heterocycles. The first-order chi connectivity index (χ1) is 28.7. The van der Waals surface area contributed by atoms with Crippen molar-refractivity contribution in [1.29, 1.82) is 0 Å². The van der Waals surface area contributed by atoms with Gasteiger partial charge >= 0.3 is 0 Å². The molecule has 0 fully saturated rings. The normalized spacial score (nSPS) is 13.3. The number of anilines is 6. The molecule has 0 amide bonds. The fraction of sp³-hybridized carbons (Fsp3) is 0. The summed E-state index contributed by atoms with van der Waals surface area (Å²) in [5.41, 5.74) is 4.11. The van der Waals surface area contributed by atoms with Crippen molar-refractivity contribution in [3.8, 4) is 22.3 Å². The third kappa shape index (κ3) is 5.94. The molecule has 242 valence electrons. The Hall–Kier alpha value is -6.42. The minimum atomic E-state index is -0.214. The van der Waals surface area contributed by atoms with Crippen LogP contribution in [0.3, 0.4) is 0 Å². The Balaban J connectivity index is 1.14.